The van der Waals surface area contributed by atoms with Gasteiger partial charge in [0.2, 0.25) is 0 Å². The van der Waals surface area contributed by atoms with E-state index < -0.39 is 0 Å². The smallest absolute Gasteiger partial charge is 0.259 e. The maximum atomic E-state index is 12.0. The molecule has 0 aliphatic carbocycles. The average Bonchev–Trinajstić information content (AvgIpc) is 2.77. The van der Waals surface area contributed by atoms with Gasteiger partial charge in [0.1, 0.15) is 0 Å². The van der Waals surface area contributed by atoms with Crippen molar-refractivity contribution < 1.29 is 0 Å². The summed E-state index contributed by atoms with van der Waals surface area (Å²) in [7, 11) is 0. The van der Waals surface area contributed by atoms with Crippen LogP contribution in [0.4, 0.5) is 0 Å². The largest absolute Gasteiger partial charge is 0.304 e. The quantitative estimate of drug-likeness (QED) is 0.749. The van der Waals surface area contributed by atoms with E-state index in [0.29, 0.717) is 16.7 Å². The van der Waals surface area contributed by atoms with Gasteiger partial charge < -0.3 is 4.98 Å². The molecule has 0 saturated heterocycles. The number of nitrogens with zero attached hydrogens (tertiary/aromatic N) is 2. The summed E-state index contributed by atoms with van der Waals surface area (Å²) < 4.78 is 0.861. The minimum absolute atomic E-state index is 0.149. The van der Waals surface area contributed by atoms with Gasteiger partial charge in [-0.1, -0.05) is 15.9 Å². The molecule has 2 aromatic heterocycles. The molecule has 0 spiro atoms. The van der Waals surface area contributed by atoms with E-state index in [1.807, 2.05) is 24.4 Å². The van der Waals surface area contributed by atoms with Gasteiger partial charge in [-0.2, -0.15) is 0 Å². The predicted octanol–water partition coefficient (Wildman–Crippen LogP) is 3.12. The van der Waals surface area contributed by atoms with Crippen molar-refractivity contribution in [3.63, 3.8) is 0 Å². The molecule has 0 bridgehead atoms. The summed E-state index contributed by atoms with van der Waals surface area (Å²) in [6.45, 7) is 1.91. The molecule has 0 aliphatic heterocycles. The SMILES string of the molecule is Cc1csc(-c2nc3ccc(Br)cc3c(=O)[nH]2)n1. The van der Waals surface area contributed by atoms with Crippen LogP contribution in [0.3, 0.4) is 0 Å². The predicted molar refractivity (Wildman–Crippen MR) is 75.9 cm³/mol. The van der Waals surface area contributed by atoms with Gasteiger partial charge in [-0.25, -0.2) is 9.97 Å². The van der Waals surface area contributed by atoms with Gasteiger partial charge in [-0.05, 0) is 25.1 Å². The third-order valence-corrected chi connectivity index (χ3v) is 3.95. The van der Waals surface area contributed by atoms with Gasteiger partial charge in [0, 0.05) is 15.5 Å². The van der Waals surface area contributed by atoms with Gasteiger partial charge in [-0.15, -0.1) is 11.3 Å². The highest BCUT2D eigenvalue weighted by atomic mass is 79.9. The number of thiazole rings is 1. The molecule has 0 radical (unpaired) electrons. The lowest BCUT2D eigenvalue weighted by Gasteiger charge is -2.00. The van der Waals surface area contributed by atoms with Crippen molar-refractivity contribution in [3.8, 4) is 10.8 Å². The molecular weight excluding hydrogens is 314 g/mol. The van der Waals surface area contributed by atoms with Gasteiger partial charge in [-0.3, -0.25) is 4.79 Å². The number of hydrogen-bond donors (Lipinski definition) is 1. The lowest BCUT2D eigenvalue weighted by molar-refractivity contribution is 1.15. The first-order valence-electron chi connectivity index (χ1n) is 5.25. The molecule has 4 nitrogen and oxygen atoms in total. The van der Waals surface area contributed by atoms with Crippen molar-refractivity contribution >= 4 is 38.2 Å². The van der Waals surface area contributed by atoms with Crippen LogP contribution >= 0.6 is 27.3 Å². The van der Waals surface area contributed by atoms with Gasteiger partial charge >= 0.3 is 0 Å². The molecule has 0 unspecified atom stereocenters. The molecule has 0 saturated carbocycles. The fourth-order valence-corrected chi connectivity index (χ4v) is 2.78. The Morgan fingerprint density at radius 2 is 2.17 bits per heavy atom. The second-order valence-electron chi connectivity index (χ2n) is 3.87. The highest BCUT2D eigenvalue weighted by molar-refractivity contribution is 9.10. The highest BCUT2D eigenvalue weighted by Gasteiger charge is 2.09. The molecule has 3 rings (SSSR count). The van der Waals surface area contributed by atoms with Crippen LogP contribution in [0.15, 0.2) is 32.8 Å². The second kappa shape index (κ2) is 4.29. The minimum atomic E-state index is -0.149. The Labute approximate surface area is 115 Å². The average molecular weight is 322 g/mol. The number of rotatable bonds is 1. The van der Waals surface area contributed by atoms with Crippen molar-refractivity contribution in [2.75, 3.05) is 0 Å². The zero-order chi connectivity index (χ0) is 12.7. The topological polar surface area (TPSA) is 58.6 Å². The maximum Gasteiger partial charge on any atom is 0.259 e. The number of aromatic nitrogens is 3. The Kier molecular flexibility index (Phi) is 2.76. The van der Waals surface area contributed by atoms with Crippen molar-refractivity contribution in [2.24, 2.45) is 0 Å². The van der Waals surface area contributed by atoms with E-state index in [-0.39, 0.29) is 5.56 Å². The maximum absolute atomic E-state index is 12.0. The summed E-state index contributed by atoms with van der Waals surface area (Å²) in [5, 5.41) is 3.23. The summed E-state index contributed by atoms with van der Waals surface area (Å²) >= 11 is 4.81. The standard InChI is InChI=1S/C12H8BrN3OS/c1-6-5-18-12(14-6)10-15-9-3-2-7(13)4-8(9)11(17)16-10/h2-5H,1H3,(H,15,16,17). The van der Waals surface area contributed by atoms with E-state index in [4.69, 9.17) is 0 Å². The van der Waals surface area contributed by atoms with E-state index >= 15 is 0 Å². The molecule has 90 valence electrons. The third kappa shape index (κ3) is 1.97. The van der Waals surface area contributed by atoms with Crippen LogP contribution in [0.5, 0.6) is 0 Å². The summed E-state index contributed by atoms with van der Waals surface area (Å²) in [6, 6.07) is 5.45. The lowest BCUT2D eigenvalue weighted by Crippen LogP contribution is -2.09. The van der Waals surface area contributed by atoms with E-state index in [2.05, 4.69) is 30.9 Å². The number of aromatic amines is 1. The lowest BCUT2D eigenvalue weighted by atomic mass is 10.2. The molecule has 18 heavy (non-hydrogen) atoms. The Balaban J connectivity index is 2.28. The number of halogens is 1. The monoisotopic (exact) mass is 321 g/mol. The minimum Gasteiger partial charge on any atom is -0.304 e. The van der Waals surface area contributed by atoms with E-state index in [1.54, 1.807) is 6.07 Å². The normalized spacial score (nSPS) is 11.0. The molecule has 2 heterocycles. The van der Waals surface area contributed by atoms with Crippen LogP contribution in [0.25, 0.3) is 21.7 Å². The molecule has 1 N–H and O–H groups in total. The zero-order valence-corrected chi connectivity index (χ0v) is 11.8. The summed E-state index contributed by atoms with van der Waals surface area (Å²) in [4.78, 5) is 23.5. The Hall–Kier alpha value is -1.53. The molecule has 0 fully saturated rings. The number of hydrogen-bond acceptors (Lipinski definition) is 4. The molecule has 0 aliphatic rings. The Bertz CT molecular complexity index is 793. The van der Waals surface area contributed by atoms with E-state index in [9.17, 15) is 4.79 Å². The van der Waals surface area contributed by atoms with Gasteiger partial charge in [0.15, 0.2) is 10.8 Å². The van der Waals surface area contributed by atoms with Crippen LogP contribution in [-0.2, 0) is 0 Å². The number of nitrogens with one attached hydrogen (secondary N) is 1. The van der Waals surface area contributed by atoms with Crippen LogP contribution in [-0.4, -0.2) is 15.0 Å². The molecule has 0 amide bonds. The van der Waals surface area contributed by atoms with Crippen LogP contribution in [0.2, 0.25) is 0 Å². The number of aryl methyl sites for hydroxylation is 1. The zero-order valence-electron chi connectivity index (χ0n) is 9.40. The highest BCUT2D eigenvalue weighted by Crippen LogP contribution is 2.21. The number of fused-ring (bicyclic) bond motifs is 1. The summed E-state index contributed by atoms with van der Waals surface area (Å²) in [5.41, 5.74) is 1.45. The van der Waals surface area contributed by atoms with Crippen molar-refractivity contribution in [3.05, 3.63) is 44.1 Å². The second-order valence-corrected chi connectivity index (χ2v) is 5.64. The first kappa shape index (κ1) is 11.6. The molecule has 1 aromatic carbocycles. The summed E-state index contributed by atoms with van der Waals surface area (Å²) in [6.07, 6.45) is 0. The number of benzene rings is 1. The molecule has 3 aromatic rings. The van der Waals surface area contributed by atoms with Crippen LogP contribution in [0, 0.1) is 6.92 Å². The van der Waals surface area contributed by atoms with Crippen LogP contribution < -0.4 is 5.56 Å². The van der Waals surface area contributed by atoms with Crippen molar-refractivity contribution in [1.82, 2.24) is 15.0 Å². The molecule has 6 heteroatoms. The fourth-order valence-electron chi connectivity index (χ4n) is 1.67. The van der Waals surface area contributed by atoms with Gasteiger partial charge in [0.05, 0.1) is 10.9 Å². The molecule has 0 atom stereocenters. The first-order valence-corrected chi connectivity index (χ1v) is 6.93. The fraction of sp³-hybridized carbons (Fsp3) is 0.0833. The van der Waals surface area contributed by atoms with E-state index in [0.717, 1.165) is 15.2 Å². The first-order chi connectivity index (χ1) is 8.63. The molecular formula is C12H8BrN3OS. The number of H-pyrrole nitrogens is 1. The van der Waals surface area contributed by atoms with Crippen molar-refractivity contribution in [2.45, 2.75) is 6.92 Å². The van der Waals surface area contributed by atoms with E-state index in [1.165, 1.54) is 11.3 Å². The Morgan fingerprint density at radius 1 is 1.33 bits per heavy atom. The van der Waals surface area contributed by atoms with Gasteiger partial charge in [0.25, 0.3) is 5.56 Å². The Morgan fingerprint density at radius 3 is 2.89 bits per heavy atom. The van der Waals surface area contributed by atoms with Crippen LogP contribution in [0.1, 0.15) is 5.69 Å². The summed E-state index contributed by atoms with van der Waals surface area (Å²) in [5.74, 6) is 0.521. The third-order valence-electron chi connectivity index (χ3n) is 2.49. The van der Waals surface area contributed by atoms with Crippen molar-refractivity contribution in [1.29, 1.82) is 0 Å².